The van der Waals surface area contributed by atoms with Gasteiger partial charge in [-0.25, -0.2) is 0 Å². The van der Waals surface area contributed by atoms with E-state index in [0.29, 0.717) is 12.8 Å². The fraction of sp³-hybridized carbons (Fsp3) is 0.308. The maximum Gasteiger partial charge on any atom is 0.313 e. The first-order valence-corrected chi connectivity index (χ1v) is 5.37. The van der Waals surface area contributed by atoms with E-state index in [0.717, 1.165) is 5.56 Å². The third-order valence-electron chi connectivity index (χ3n) is 2.15. The number of rotatable bonds is 6. The van der Waals surface area contributed by atoms with Crippen LogP contribution in [0.25, 0.3) is 6.08 Å². The number of hydrogen-bond acceptors (Lipinski definition) is 4. The molecule has 17 heavy (non-hydrogen) atoms. The normalized spacial score (nSPS) is 10.4. The predicted molar refractivity (Wildman–Crippen MR) is 64.1 cm³/mol. The van der Waals surface area contributed by atoms with Crippen LogP contribution < -0.4 is 0 Å². The monoisotopic (exact) mass is 233 g/mol. The zero-order valence-electron chi connectivity index (χ0n) is 9.76. The Morgan fingerprint density at radius 2 is 2.29 bits per heavy atom. The summed E-state index contributed by atoms with van der Waals surface area (Å²) in [6.45, 7) is 0. The largest absolute Gasteiger partial charge is 0.469 e. The van der Waals surface area contributed by atoms with E-state index < -0.39 is 5.97 Å². The van der Waals surface area contributed by atoms with Crippen molar-refractivity contribution in [2.45, 2.75) is 19.3 Å². The van der Waals surface area contributed by atoms with E-state index in [2.05, 4.69) is 9.72 Å². The van der Waals surface area contributed by atoms with Gasteiger partial charge in [0.15, 0.2) is 0 Å². The molecule has 0 aliphatic rings. The Morgan fingerprint density at radius 1 is 1.47 bits per heavy atom. The van der Waals surface area contributed by atoms with Crippen molar-refractivity contribution < 1.29 is 14.3 Å². The number of carbonyl (C=O) groups is 2. The second-order valence-corrected chi connectivity index (χ2v) is 3.52. The summed E-state index contributed by atoms with van der Waals surface area (Å²) in [7, 11) is 1.28. The second-order valence-electron chi connectivity index (χ2n) is 3.52. The molecule has 1 rings (SSSR count). The lowest BCUT2D eigenvalue weighted by Gasteiger charge is -1.97. The van der Waals surface area contributed by atoms with Crippen molar-refractivity contribution in [1.29, 1.82) is 0 Å². The van der Waals surface area contributed by atoms with Crippen molar-refractivity contribution in [2.75, 3.05) is 7.11 Å². The van der Waals surface area contributed by atoms with Gasteiger partial charge in [-0.3, -0.25) is 14.6 Å². The van der Waals surface area contributed by atoms with Crippen LogP contribution in [0.3, 0.4) is 0 Å². The van der Waals surface area contributed by atoms with Crippen molar-refractivity contribution in [1.82, 2.24) is 4.98 Å². The number of aromatic nitrogens is 1. The standard InChI is InChI=1S/C13H15NO3/c1-17-13(16)9-12(15)7-3-2-5-11-6-4-8-14-10-11/h2,4-6,8,10H,3,7,9H2,1H3/b5-2+. The number of allylic oxidation sites excluding steroid dienone is 1. The summed E-state index contributed by atoms with van der Waals surface area (Å²) in [5.74, 6) is -0.584. The number of Topliss-reactive ketones (excluding diaryl/α,β-unsaturated/α-hetero) is 1. The van der Waals surface area contributed by atoms with E-state index >= 15 is 0 Å². The van der Waals surface area contributed by atoms with Gasteiger partial charge in [0.2, 0.25) is 0 Å². The fourth-order valence-corrected chi connectivity index (χ4v) is 1.26. The molecule has 0 N–H and O–H groups in total. The van der Waals surface area contributed by atoms with Crippen LogP contribution in [0.2, 0.25) is 0 Å². The van der Waals surface area contributed by atoms with Crippen molar-refractivity contribution >= 4 is 17.8 Å². The summed E-state index contributed by atoms with van der Waals surface area (Å²) in [6, 6.07) is 3.78. The lowest BCUT2D eigenvalue weighted by Crippen LogP contribution is -2.08. The summed E-state index contributed by atoms with van der Waals surface area (Å²) in [5, 5.41) is 0. The molecule has 0 bridgehead atoms. The summed E-state index contributed by atoms with van der Waals surface area (Å²) < 4.78 is 4.41. The van der Waals surface area contributed by atoms with Crippen LogP contribution in [0.4, 0.5) is 0 Å². The van der Waals surface area contributed by atoms with Gasteiger partial charge < -0.3 is 4.74 Å². The Bertz CT molecular complexity index is 398. The molecule has 90 valence electrons. The highest BCUT2D eigenvalue weighted by Crippen LogP contribution is 2.03. The zero-order valence-corrected chi connectivity index (χ0v) is 9.76. The maximum atomic E-state index is 11.3. The van der Waals surface area contributed by atoms with Gasteiger partial charge in [-0.1, -0.05) is 18.2 Å². The lowest BCUT2D eigenvalue weighted by atomic mass is 10.1. The molecule has 0 saturated heterocycles. The molecule has 4 nitrogen and oxygen atoms in total. The first kappa shape index (κ1) is 13.1. The van der Waals surface area contributed by atoms with Crippen LogP contribution >= 0.6 is 0 Å². The second kappa shape index (κ2) is 7.33. The lowest BCUT2D eigenvalue weighted by molar-refractivity contribution is -0.143. The number of carbonyl (C=O) groups excluding carboxylic acids is 2. The number of ether oxygens (including phenoxy) is 1. The van der Waals surface area contributed by atoms with E-state index in [4.69, 9.17) is 0 Å². The summed E-state index contributed by atoms with van der Waals surface area (Å²) >= 11 is 0. The van der Waals surface area contributed by atoms with Crippen molar-refractivity contribution in [3.63, 3.8) is 0 Å². The molecule has 1 aromatic rings. The van der Waals surface area contributed by atoms with Crippen LogP contribution in [0.1, 0.15) is 24.8 Å². The Labute approximate surface area is 100 Å². The summed E-state index contributed by atoms with van der Waals surface area (Å²) in [6.07, 6.45) is 8.07. The third-order valence-corrected chi connectivity index (χ3v) is 2.15. The minimum atomic E-state index is -0.480. The van der Waals surface area contributed by atoms with E-state index in [1.807, 2.05) is 24.3 Å². The van der Waals surface area contributed by atoms with E-state index in [1.165, 1.54) is 7.11 Å². The third kappa shape index (κ3) is 5.61. The highest BCUT2D eigenvalue weighted by Gasteiger charge is 2.07. The Hall–Kier alpha value is -1.97. The van der Waals surface area contributed by atoms with Gasteiger partial charge >= 0.3 is 5.97 Å². The Balaban J connectivity index is 2.26. The summed E-state index contributed by atoms with van der Waals surface area (Å²) in [4.78, 5) is 26.1. The molecule has 0 fully saturated rings. The first-order valence-electron chi connectivity index (χ1n) is 5.37. The molecular weight excluding hydrogens is 218 g/mol. The van der Waals surface area contributed by atoms with E-state index in [9.17, 15) is 9.59 Å². The molecule has 0 aliphatic heterocycles. The highest BCUT2D eigenvalue weighted by molar-refractivity contribution is 5.95. The van der Waals surface area contributed by atoms with E-state index in [1.54, 1.807) is 12.4 Å². The predicted octanol–water partition coefficient (Wildman–Crippen LogP) is 2.01. The average Bonchev–Trinajstić information content (AvgIpc) is 2.36. The number of methoxy groups -OCH3 is 1. The molecule has 0 atom stereocenters. The van der Waals surface area contributed by atoms with Gasteiger partial charge in [-0.05, 0) is 18.1 Å². The van der Waals surface area contributed by atoms with Crippen LogP contribution in [-0.4, -0.2) is 23.8 Å². The Morgan fingerprint density at radius 3 is 2.94 bits per heavy atom. The van der Waals surface area contributed by atoms with Gasteiger partial charge in [-0.15, -0.1) is 0 Å². The van der Waals surface area contributed by atoms with Crippen LogP contribution in [0.15, 0.2) is 30.6 Å². The fourth-order valence-electron chi connectivity index (χ4n) is 1.26. The zero-order chi connectivity index (χ0) is 12.5. The van der Waals surface area contributed by atoms with Gasteiger partial charge in [0, 0.05) is 18.8 Å². The molecule has 0 aromatic carbocycles. The molecule has 4 heteroatoms. The van der Waals surface area contributed by atoms with Gasteiger partial charge in [0.05, 0.1) is 7.11 Å². The van der Waals surface area contributed by atoms with Crippen molar-refractivity contribution in [3.8, 4) is 0 Å². The molecule has 0 spiro atoms. The van der Waals surface area contributed by atoms with Crippen LogP contribution in [0, 0.1) is 0 Å². The molecule has 0 unspecified atom stereocenters. The number of pyridine rings is 1. The highest BCUT2D eigenvalue weighted by atomic mass is 16.5. The minimum absolute atomic E-state index is 0.104. The smallest absolute Gasteiger partial charge is 0.313 e. The summed E-state index contributed by atoms with van der Waals surface area (Å²) in [5.41, 5.74) is 0.993. The molecular formula is C13H15NO3. The molecule has 0 aliphatic carbocycles. The molecule has 1 aromatic heterocycles. The van der Waals surface area contributed by atoms with Crippen LogP contribution in [-0.2, 0) is 14.3 Å². The number of hydrogen-bond donors (Lipinski definition) is 0. The number of ketones is 1. The van der Waals surface area contributed by atoms with Crippen molar-refractivity contribution in [3.05, 3.63) is 36.2 Å². The van der Waals surface area contributed by atoms with Gasteiger partial charge in [0.25, 0.3) is 0 Å². The van der Waals surface area contributed by atoms with Gasteiger partial charge in [0.1, 0.15) is 12.2 Å². The first-order chi connectivity index (χ1) is 8.22. The topological polar surface area (TPSA) is 56.3 Å². The molecule has 1 heterocycles. The quantitative estimate of drug-likeness (QED) is 0.557. The van der Waals surface area contributed by atoms with Crippen LogP contribution in [0.5, 0.6) is 0 Å². The average molecular weight is 233 g/mol. The molecule has 0 radical (unpaired) electrons. The maximum absolute atomic E-state index is 11.3. The number of nitrogens with zero attached hydrogens (tertiary/aromatic N) is 1. The number of esters is 1. The Kier molecular flexibility index (Phi) is 5.64. The minimum Gasteiger partial charge on any atom is -0.469 e. The SMILES string of the molecule is COC(=O)CC(=O)CC/C=C/c1cccnc1. The van der Waals surface area contributed by atoms with Crippen molar-refractivity contribution in [2.24, 2.45) is 0 Å². The molecule has 0 saturated carbocycles. The molecule has 0 amide bonds. The van der Waals surface area contributed by atoms with E-state index in [-0.39, 0.29) is 12.2 Å². The van der Waals surface area contributed by atoms with Gasteiger partial charge in [-0.2, -0.15) is 0 Å².